The van der Waals surface area contributed by atoms with Gasteiger partial charge in [-0.05, 0) is 48.2 Å². The summed E-state index contributed by atoms with van der Waals surface area (Å²) in [4.78, 5) is 10.5. The molecule has 5 heteroatoms. The summed E-state index contributed by atoms with van der Waals surface area (Å²) in [6, 6.07) is 12.4. The first-order valence-electron chi connectivity index (χ1n) is 9.36. The molecule has 0 saturated carbocycles. The average molecular weight is 395 g/mol. The van der Waals surface area contributed by atoms with Gasteiger partial charge >= 0.3 is 0 Å². The number of aromatic amines is 1. The highest BCUT2D eigenvalue weighted by Crippen LogP contribution is 2.30. The van der Waals surface area contributed by atoms with E-state index in [1.165, 1.54) is 4.88 Å². The maximum Gasteiger partial charge on any atom is 0.0912 e. The number of nitrogens with zero attached hydrogens (tertiary/aromatic N) is 3. The van der Waals surface area contributed by atoms with Crippen molar-refractivity contribution in [2.24, 2.45) is 0 Å². The average Bonchev–Trinajstić information content (AvgIpc) is 3.41. The summed E-state index contributed by atoms with van der Waals surface area (Å²) in [5, 5.41) is 9.45. The molecule has 4 aromatic heterocycles. The topological polar surface area (TPSA) is 54.5 Å². The summed E-state index contributed by atoms with van der Waals surface area (Å²) in [6.45, 7) is 1.99. The van der Waals surface area contributed by atoms with Crippen LogP contribution in [-0.4, -0.2) is 20.2 Å². The Morgan fingerprint density at radius 3 is 2.83 bits per heavy atom. The predicted octanol–water partition coefficient (Wildman–Crippen LogP) is 6.03. The molecule has 0 unspecified atom stereocenters. The van der Waals surface area contributed by atoms with Gasteiger partial charge in [-0.25, -0.2) is 0 Å². The zero-order chi connectivity index (χ0) is 19.6. The fourth-order valence-corrected chi connectivity index (χ4v) is 4.09. The highest BCUT2D eigenvalue weighted by Gasteiger charge is 2.13. The lowest BCUT2D eigenvalue weighted by molar-refractivity contribution is 1.08. The number of fused-ring (bicyclic) bond motifs is 1. The van der Waals surface area contributed by atoms with Crippen molar-refractivity contribution in [1.29, 1.82) is 0 Å². The maximum atomic E-state index is 4.69. The van der Waals surface area contributed by atoms with Crippen LogP contribution in [0.5, 0.6) is 0 Å². The van der Waals surface area contributed by atoms with E-state index in [1.807, 2.05) is 37.5 Å². The van der Waals surface area contributed by atoms with E-state index in [-0.39, 0.29) is 0 Å². The number of thiophene rings is 1. The van der Waals surface area contributed by atoms with Gasteiger partial charge in [0.15, 0.2) is 0 Å². The Bertz CT molecular complexity index is 1260. The van der Waals surface area contributed by atoms with Crippen LogP contribution in [0.2, 0.25) is 0 Å². The molecule has 0 spiro atoms. The minimum absolute atomic E-state index is 0.886. The number of pyridine rings is 2. The van der Waals surface area contributed by atoms with Crippen LogP contribution in [0.15, 0.2) is 72.4 Å². The number of aryl methyl sites for hydroxylation is 1. The van der Waals surface area contributed by atoms with Gasteiger partial charge in [0, 0.05) is 33.5 Å². The molecule has 0 fully saturated rings. The van der Waals surface area contributed by atoms with Gasteiger partial charge in [0.05, 0.1) is 23.3 Å². The van der Waals surface area contributed by atoms with E-state index in [4.69, 9.17) is 4.98 Å². The Kier molecular flexibility index (Phi) is 4.50. The van der Waals surface area contributed by atoms with Gasteiger partial charge in [-0.3, -0.25) is 15.1 Å². The monoisotopic (exact) mass is 394 g/mol. The summed E-state index contributed by atoms with van der Waals surface area (Å²) in [7, 11) is 0. The van der Waals surface area contributed by atoms with E-state index in [0.29, 0.717) is 0 Å². The van der Waals surface area contributed by atoms with Crippen LogP contribution < -0.4 is 0 Å². The molecule has 0 radical (unpaired) electrons. The zero-order valence-electron chi connectivity index (χ0n) is 15.8. The number of allylic oxidation sites excluding steroid dienone is 4. The second-order valence-corrected chi connectivity index (χ2v) is 7.76. The van der Waals surface area contributed by atoms with Crippen molar-refractivity contribution in [3.8, 4) is 21.8 Å². The fourth-order valence-electron chi connectivity index (χ4n) is 3.38. The first kappa shape index (κ1) is 17.5. The van der Waals surface area contributed by atoms with E-state index >= 15 is 0 Å². The van der Waals surface area contributed by atoms with E-state index < -0.39 is 0 Å². The molecule has 0 bridgehead atoms. The van der Waals surface area contributed by atoms with E-state index in [9.17, 15) is 0 Å². The third kappa shape index (κ3) is 3.48. The molecule has 4 aromatic rings. The van der Waals surface area contributed by atoms with Crippen LogP contribution in [0.3, 0.4) is 0 Å². The minimum Gasteiger partial charge on any atom is -0.276 e. The van der Waals surface area contributed by atoms with E-state index in [1.54, 1.807) is 11.3 Å². The molecular weight excluding hydrogens is 376 g/mol. The highest BCUT2D eigenvalue weighted by atomic mass is 32.1. The normalized spacial score (nSPS) is 14.0. The fraction of sp³-hybridized carbons (Fsp3) is 0.0417. The molecule has 29 heavy (non-hydrogen) atoms. The lowest BCUT2D eigenvalue weighted by Crippen LogP contribution is -1.92. The van der Waals surface area contributed by atoms with E-state index in [2.05, 4.69) is 69.1 Å². The number of H-pyrrole nitrogens is 1. The van der Waals surface area contributed by atoms with Gasteiger partial charge in [0.25, 0.3) is 0 Å². The molecule has 0 aliphatic heterocycles. The van der Waals surface area contributed by atoms with Gasteiger partial charge in [-0.2, -0.15) is 5.10 Å². The predicted molar refractivity (Wildman–Crippen MR) is 120 cm³/mol. The van der Waals surface area contributed by atoms with Crippen LogP contribution >= 0.6 is 11.3 Å². The molecule has 1 aliphatic rings. The second kappa shape index (κ2) is 7.45. The first-order valence-corrected chi connectivity index (χ1v) is 10.2. The van der Waals surface area contributed by atoms with Crippen molar-refractivity contribution < 1.29 is 0 Å². The minimum atomic E-state index is 0.886. The summed E-state index contributed by atoms with van der Waals surface area (Å²) in [5.41, 5.74) is 8.05. The van der Waals surface area contributed by atoms with Crippen LogP contribution in [0.25, 0.3) is 39.6 Å². The standard InChI is InChI=1S/C24H18N4S/c1-16-5-2-8-22(27-16)24-20(15-26-28-24)17-6-3-7-18-13-19(23-9-4-12-29-23)14-25-21(18)11-10-17/h2-15H,1H3,(H,26,28)/b6-3?,7-3+,11-10?,17-6?,17-10?,18-7?,21-11?. The number of nitrogens with one attached hydrogen (secondary N) is 1. The third-order valence-electron chi connectivity index (χ3n) is 4.82. The second-order valence-electron chi connectivity index (χ2n) is 6.81. The summed E-state index contributed by atoms with van der Waals surface area (Å²) < 4.78 is 0. The quantitative estimate of drug-likeness (QED) is 0.462. The van der Waals surface area contributed by atoms with Gasteiger partial charge in [-0.15, -0.1) is 11.3 Å². The van der Waals surface area contributed by atoms with Gasteiger partial charge in [-0.1, -0.05) is 36.4 Å². The lowest BCUT2D eigenvalue weighted by atomic mass is 10.00. The van der Waals surface area contributed by atoms with E-state index in [0.717, 1.165) is 45.0 Å². The van der Waals surface area contributed by atoms with Gasteiger partial charge in [0.1, 0.15) is 0 Å². The molecule has 0 saturated heterocycles. The van der Waals surface area contributed by atoms with Crippen LogP contribution in [0, 0.1) is 6.92 Å². The number of hydrogen-bond donors (Lipinski definition) is 1. The van der Waals surface area contributed by atoms with Gasteiger partial charge < -0.3 is 0 Å². The highest BCUT2D eigenvalue weighted by molar-refractivity contribution is 7.13. The Morgan fingerprint density at radius 2 is 1.97 bits per heavy atom. The van der Waals surface area contributed by atoms with Crippen molar-refractivity contribution in [3.63, 3.8) is 0 Å². The summed E-state index contributed by atoms with van der Waals surface area (Å²) in [6.07, 6.45) is 14.2. The molecule has 1 N–H and O–H groups in total. The van der Waals surface area contributed by atoms with Crippen LogP contribution in [0.4, 0.5) is 0 Å². The Morgan fingerprint density at radius 1 is 1.00 bits per heavy atom. The lowest BCUT2D eigenvalue weighted by Gasteiger charge is -2.08. The van der Waals surface area contributed by atoms with Crippen LogP contribution in [0.1, 0.15) is 22.5 Å². The van der Waals surface area contributed by atoms with Crippen LogP contribution in [-0.2, 0) is 0 Å². The molecule has 4 nitrogen and oxygen atoms in total. The third-order valence-corrected chi connectivity index (χ3v) is 5.74. The van der Waals surface area contributed by atoms with Crippen molar-refractivity contribution in [1.82, 2.24) is 20.2 Å². The molecule has 0 atom stereocenters. The number of hydrogen-bond acceptors (Lipinski definition) is 4. The van der Waals surface area contributed by atoms with Crippen molar-refractivity contribution >= 4 is 29.1 Å². The molecule has 0 aromatic carbocycles. The molecule has 140 valence electrons. The largest absolute Gasteiger partial charge is 0.276 e. The van der Waals surface area contributed by atoms with Crippen molar-refractivity contribution in [2.45, 2.75) is 6.92 Å². The molecule has 0 amide bonds. The Labute approximate surface area is 173 Å². The Hall–Kier alpha value is -3.57. The summed E-state index contributed by atoms with van der Waals surface area (Å²) in [5.74, 6) is 0. The van der Waals surface area contributed by atoms with Crippen molar-refractivity contribution in [2.75, 3.05) is 0 Å². The summed E-state index contributed by atoms with van der Waals surface area (Å²) >= 11 is 1.72. The SMILES string of the molecule is Cc1cccc(-c2[nH]ncc2C2=C/C=C/c3cc(-c4cccs4)cnc3C=C2)n1. The molecule has 5 rings (SSSR count). The smallest absolute Gasteiger partial charge is 0.0912 e. The van der Waals surface area contributed by atoms with Gasteiger partial charge in [0.2, 0.25) is 0 Å². The number of aromatic nitrogens is 4. The first-order chi connectivity index (χ1) is 14.3. The zero-order valence-corrected chi connectivity index (χ0v) is 16.6. The molecular formula is C24H18N4S. The Balaban J connectivity index is 1.51. The van der Waals surface area contributed by atoms with Crippen molar-refractivity contribution in [3.05, 3.63) is 94.9 Å². The molecule has 1 aliphatic carbocycles. The maximum absolute atomic E-state index is 4.69. The number of rotatable bonds is 3. The molecule has 4 heterocycles.